The first-order valence-electron chi connectivity index (χ1n) is 9.88. The molecule has 3 aromatic carbocycles. The molecular formula is C24H19F2N3O2S. The lowest BCUT2D eigenvalue weighted by molar-refractivity contribution is -0.119. The predicted molar refractivity (Wildman–Crippen MR) is 121 cm³/mol. The Bertz CT molecular complexity index is 1340. The molecule has 1 heterocycles. The second-order valence-corrected chi connectivity index (χ2v) is 8.08. The zero-order chi connectivity index (χ0) is 22.7. The number of hydrogen-bond acceptors (Lipinski definition) is 4. The number of aromatic nitrogens is 2. The van der Waals surface area contributed by atoms with E-state index in [-0.39, 0.29) is 28.5 Å². The zero-order valence-electron chi connectivity index (χ0n) is 17.1. The number of thioether (sulfide) groups is 1. The topological polar surface area (TPSA) is 64.0 Å². The van der Waals surface area contributed by atoms with Crippen LogP contribution in [0, 0.1) is 11.6 Å². The van der Waals surface area contributed by atoms with Crippen LogP contribution in [0.4, 0.5) is 8.78 Å². The molecule has 0 fully saturated rings. The van der Waals surface area contributed by atoms with Gasteiger partial charge in [0.2, 0.25) is 5.91 Å². The average Bonchev–Trinajstić information content (AvgIpc) is 2.79. The van der Waals surface area contributed by atoms with Crippen LogP contribution in [-0.4, -0.2) is 21.2 Å². The molecule has 8 heteroatoms. The van der Waals surface area contributed by atoms with Crippen molar-refractivity contribution in [1.82, 2.24) is 14.9 Å². The monoisotopic (exact) mass is 451 g/mol. The number of nitrogens with zero attached hydrogens (tertiary/aromatic N) is 2. The number of carbonyl (C=O) groups excluding carboxylic acids is 1. The molecule has 4 aromatic rings. The van der Waals surface area contributed by atoms with Crippen molar-refractivity contribution in [3.63, 3.8) is 0 Å². The Morgan fingerprint density at radius 2 is 1.78 bits per heavy atom. The van der Waals surface area contributed by atoms with Gasteiger partial charge in [-0.15, -0.1) is 0 Å². The number of nitrogens with one attached hydrogen (secondary N) is 1. The number of rotatable bonds is 6. The van der Waals surface area contributed by atoms with Crippen LogP contribution in [0.25, 0.3) is 16.6 Å². The summed E-state index contributed by atoms with van der Waals surface area (Å²) in [6, 6.07) is 18.9. The fourth-order valence-corrected chi connectivity index (χ4v) is 4.14. The minimum atomic E-state index is -0.895. The lowest BCUT2D eigenvalue weighted by atomic mass is 10.1. The van der Waals surface area contributed by atoms with Crippen molar-refractivity contribution in [1.29, 1.82) is 0 Å². The Morgan fingerprint density at radius 1 is 1.06 bits per heavy atom. The van der Waals surface area contributed by atoms with Gasteiger partial charge in [-0.05, 0) is 36.8 Å². The molecule has 162 valence electrons. The molecule has 0 saturated heterocycles. The van der Waals surface area contributed by atoms with Crippen molar-refractivity contribution in [3.8, 4) is 5.69 Å². The number of fused-ring (bicyclic) bond motifs is 1. The number of carbonyl (C=O) groups is 1. The zero-order valence-corrected chi connectivity index (χ0v) is 17.9. The maximum Gasteiger partial charge on any atom is 0.266 e. The fraction of sp³-hybridized carbons (Fsp3) is 0.125. The molecular weight excluding hydrogens is 432 g/mol. The lowest BCUT2D eigenvalue weighted by Crippen LogP contribution is -2.29. The number of amides is 1. The first-order valence-corrected chi connectivity index (χ1v) is 10.9. The van der Waals surface area contributed by atoms with Crippen LogP contribution in [0.2, 0.25) is 0 Å². The van der Waals surface area contributed by atoms with E-state index in [0.29, 0.717) is 17.0 Å². The third-order valence-corrected chi connectivity index (χ3v) is 5.84. The highest BCUT2D eigenvalue weighted by molar-refractivity contribution is 7.99. The van der Waals surface area contributed by atoms with Crippen LogP contribution in [0.1, 0.15) is 18.5 Å². The maximum absolute atomic E-state index is 14.5. The van der Waals surface area contributed by atoms with Crippen molar-refractivity contribution in [2.24, 2.45) is 0 Å². The molecule has 1 aromatic heterocycles. The summed E-state index contributed by atoms with van der Waals surface area (Å²) >= 11 is 1.01. The first-order chi connectivity index (χ1) is 15.4. The highest BCUT2D eigenvalue weighted by Gasteiger charge is 2.18. The van der Waals surface area contributed by atoms with Crippen molar-refractivity contribution in [2.45, 2.75) is 18.1 Å². The van der Waals surface area contributed by atoms with E-state index in [0.717, 1.165) is 28.0 Å². The van der Waals surface area contributed by atoms with Gasteiger partial charge in [0.15, 0.2) is 5.16 Å². The van der Waals surface area contributed by atoms with Crippen molar-refractivity contribution in [3.05, 3.63) is 100 Å². The average molecular weight is 451 g/mol. The van der Waals surface area contributed by atoms with E-state index in [2.05, 4.69) is 10.3 Å². The van der Waals surface area contributed by atoms with Crippen molar-refractivity contribution in [2.75, 3.05) is 5.75 Å². The maximum atomic E-state index is 14.5. The molecule has 0 bridgehead atoms. The van der Waals surface area contributed by atoms with E-state index in [1.165, 1.54) is 6.07 Å². The normalized spacial score (nSPS) is 12.0. The molecule has 5 nitrogen and oxygen atoms in total. The Morgan fingerprint density at radius 3 is 2.53 bits per heavy atom. The summed E-state index contributed by atoms with van der Waals surface area (Å²) in [6.45, 7) is 1.87. The SMILES string of the molecule is CC(NC(=O)CSc1nc2ccccc2c(=O)n1-c1ccc(F)cc1F)c1ccccc1. The van der Waals surface area contributed by atoms with Gasteiger partial charge < -0.3 is 5.32 Å². The molecule has 0 aliphatic carbocycles. The van der Waals surface area contributed by atoms with Crippen molar-refractivity contribution >= 4 is 28.6 Å². The minimum absolute atomic E-state index is 0.0369. The van der Waals surface area contributed by atoms with Crippen LogP contribution in [0.15, 0.2) is 82.7 Å². The Labute approximate surface area is 187 Å². The quantitative estimate of drug-likeness (QED) is 0.343. The van der Waals surface area contributed by atoms with E-state index < -0.39 is 17.2 Å². The first kappa shape index (κ1) is 21.7. The standard InChI is InChI=1S/C24H19F2N3O2S/c1-15(16-7-3-2-4-8-16)27-22(30)14-32-24-28-20-10-6-5-9-18(20)23(31)29(24)21-12-11-17(25)13-19(21)26/h2-13,15H,14H2,1H3,(H,27,30). The van der Waals surface area contributed by atoms with E-state index in [9.17, 15) is 18.4 Å². The summed E-state index contributed by atoms with van der Waals surface area (Å²) < 4.78 is 29.0. The summed E-state index contributed by atoms with van der Waals surface area (Å²) in [5, 5.41) is 3.33. The van der Waals surface area contributed by atoms with Crippen LogP contribution in [-0.2, 0) is 4.79 Å². The molecule has 1 N–H and O–H groups in total. The highest BCUT2D eigenvalue weighted by atomic mass is 32.2. The van der Waals surface area contributed by atoms with Crippen LogP contribution in [0.5, 0.6) is 0 Å². The van der Waals surface area contributed by atoms with E-state index in [1.807, 2.05) is 37.3 Å². The Balaban J connectivity index is 1.65. The summed E-state index contributed by atoms with van der Waals surface area (Å²) in [5.41, 5.74) is 0.758. The van der Waals surface area contributed by atoms with Gasteiger partial charge in [0.1, 0.15) is 11.6 Å². The molecule has 4 rings (SSSR count). The summed E-state index contributed by atoms with van der Waals surface area (Å²) in [6.07, 6.45) is 0. The smallest absolute Gasteiger partial charge is 0.266 e. The van der Waals surface area contributed by atoms with E-state index in [1.54, 1.807) is 24.3 Å². The molecule has 1 amide bonds. The van der Waals surface area contributed by atoms with Gasteiger partial charge in [-0.25, -0.2) is 13.8 Å². The number of hydrogen-bond donors (Lipinski definition) is 1. The molecule has 0 aliphatic rings. The molecule has 1 unspecified atom stereocenters. The van der Waals surface area contributed by atoms with Gasteiger partial charge in [0.05, 0.1) is 28.4 Å². The van der Waals surface area contributed by atoms with Crippen LogP contribution in [0.3, 0.4) is 0 Å². The van der Waals surface area contributed by atoms with Gasteiger partial charge in [0.25, 0.3) is 5.56 Å². The summed E-state index contributed by atoms with van der Waals surface area (Å²) in [4.78, 5) is 30.2. The molecule has 0 radical (unpaired) electrons. The molecule has 0 spiro atoms. The molecule has 0 saturated carbocycles. The van der Waals surface area contributed by atoms with Crippen molar-refractivity contribution < 1.29 is 13.6 Å². The summed E-state index contributed by atoms with van der Waals surface area (Å²) in [5.74, 6) is -1.95. The Kier molecular flexibility index (Phi) is 6.32. The third kappa shape index (κ3) is 4.55. The third-order valence-electron chi connectivity index (χ3n) is 4.90. The van der Waals surface area contributed by atoms with E-state index >= 15 is 0 Å². The number of para-hydroxylation sites is 1. The minimum Gasteiger partial charge on any atom is -0.349 e. The largest absolute Gasteiger partial charge is 0.349 e. The summed E-state index contributed by atoms with van der Waals surface area (Å²) in [7, 11) is 0. The van der Waals surface area contributed by atoms with Gasteiger partial charge >= 0.3 is 0 Å². The predicted octanol–water partition coefficient (Wildman–Crippen LogP) is 4.63. The van der Waals surface area contributed by atoms with Crippen LogP contribution >= 0.6 is 11.8 Å². The lowest BCUT2D eigenvalue weighted by Gasteiger charge is -2.16. The van der Waals surface area contributed by atoms with Gasteiger partial charge in [0, 0.05) is 6.07 Å². The highest BCUT2D eigenvalue weighted by Crippen LogP contribution is 2.23. The van der Waals surface area contributed by atoms with Crippen LogP contribution < -0.4 is 10.9 Å². The number of halogens is 2. The number of benzene rings is 3. The Hall–Kier alpha value is -3.52. The molecule has 0 aliphatic heterocycles. The second kappa shape index (κ2) is 9.32. The van der Waals surface area contributed by atoms with Gasteiger partial charge in [-0.1, -0.05) is 54.2 Å². The van der Waals surface area contributed by atoms with E-state index in [4.69, 9.17) is 0 Å². The second-order valence-electron chi connectivity index (χ2n) is 7.14. The van der Waals surface area contributed by atoms with Gasteiger partial charge in [-0.3, -0.25) is 14.2 Å². The fourth-order valence-electron chi connectivity index (χ4n) is 3.32. The molecule has 1 atom stereocenters. The van der Waals surface area contributed by atoms with Gasteiger partial charge in [-0.2, -0.15) is 0 Å². The molecule has 32 heavy (non-hydrogen) atoms.